The summed E-state index contributed by atoms with van der Waals surface area (Å²) in [5, 5.41) is 1.77. The van der Waals surface area contributed by atoms with Crippen molar-refractivity contribution in [3.8, 4) is 0 Å². The van der Waals surface area contributed by atoms with E-state index in [1.54, 1.807) is 12.4 Å². The molecule has 0 saturated carbocycles. The molecule has 2 rings (SSSR count). The summed E-state index contributed by atoms with van der Waals surface area (Å²) in [6.07, 6.45) is 6.44. The van der Waals surface area contributed by atoms with Gasteiger partial charge in [0.2, 0.25) is 0 Å². The van der Waals surface area contributed by atoms with Crippen LogP contribution in [0.5, 0.6) is 0 Å². The molecule has 0 N–H and O–H groups in total. The highest BCUT2D eigenvalue weighted by Gasteiger charge is 1.97. The fourth-order valence-corrected chi connectivity index (χ4v) is 1.46. The summed E-state index contributed by atoms with van der Waals surface area (Å²) >= 11 is 1.49. The molecule has 0 unspecified atom stereocenters. The lowest BCUT2D eigenvalue weighted by molar-refractivity contribution is 1.02. The molecule has 0 aromatic carbocycles. The zero-order chi connectivity index (χ0) is 8.93. The van der Waals surface area contributed by atoms with E-state index in [0.29, 0.717) is 0 Å². The van der Waals surface area contributed by atoms with Crippen molar-refractivity contribution in [3.05, 3.63) is 37.2 Å². The van der Waals surface area contributed by atoms with E-state index in [2.05, 4.69) is 19.9 Å². The van der Waals surface area contributed by atoms with Crippen molar-refractivity contribution in [2.75, 3.05) is 0 Å². The maximum absolute atomic E-state index is 4.07. The quantitative estimate of drug-likeness (QED) is 0.670. The number of hydrogen-bond acceptors (Lipinski definition) is 5. The Balaban J connectivity index is 2.16. The molecule has 0 aliphatic heterocycles. The Hall–Kier alpha value is -1.49. The van der Waals surface area contributed by atoms with Crippen LogP contribution in [0.3, 0.4) is 0 Å². The van der Waals surface area contributed by atoms with Crippen LogP contribution in [0.2, 0.25) is 0 Å². The summed E-state index contributed by atoms with van der Waals surface area (Å²) in [7, 11) is 0. The second kappa shape index (κ2) is 3.95. The molecule has 0 fully saturated rings. The highest BCUT2D eigenvalue weighted by molar-refractivity contribution is 7.99. The first kappa shape index (κ1) is 8.12. The van der Waals surface area contributed by atoms with Crippen LogP contribution in [0.25, 0.3) is 0 Å². The molecule has 0 aliphatic carbocycles. The second-order valence-corrected chi connectivity index (χ2v) is 3.24. The van der Waals surface area contributed by atoms with Crippen LogP contribution in [-0.4, -0.2) is 19.9 Å². The first-order valence-electron chi connectivity index (χ1n) is 3.65. The van der Waals surface area contributed by atoms with E-state index in [4.69, 9.17) is 0 Å². The monoisotopic (exact) mass is 190 g/mol. The van der Waals surface area contributed by atoms with Crippen molar-refractivity contribution in [3.63, 3.8) is 0 Å². The van der Waals surface area contributed by atoms with Crippen molar-refractivity contribution < 1.29 is 0 Å². The number of nitrogens with zero attached hydrogens (tertiary/aromatic N) is 4. The molecule has 0 bridgehead atoms. The summed E-state index contributed by atoms with van der Waals surface area (Å²) in [6, 6.07) is 3.68. The van der Waals surface area contributed by atoms with Gasteiger partial charge in [-0.2, -0.15) is 0 Å². The lowest BCUT2D eigenvalue weighted by Crippen LogP contribution is -1.83. The van der Waals surface area contributed by atoms with Gasteiger partial charge in [-0.05, 0) is 23.9 Å². The topological polar surface area (TPSA) is 51.6 Å². The number of rotatable bonds is 2. The van der Waals surface area contributed by atoms with Crippen LogP contribution in [0, 0.1) is 0 Å². The SMILES string of the molecule is c1cc(Sc2ccncn2)ncn1. The zero-order valence-electron chi connectivity index (χ0n) is 6.66. The zero-order valence-corrected chi connectivity index (χ0v) is 7.48. The molecule has 2 aromatic rings. The molecule has 2 heterocycles. The van der Waals surface area contributed by atoms with Crippen molar-refractivity contribution >= 4 is 11.8 Å². The Morgan fingerprint density at radius 2 is 1.38 bits per heavy atom. The average Bonchev–Trinajstić information content (AvgIpc) is 2.21. The third kappa shape index (κ3) is 2.22. The molecule has 13 heavy (non-hydrogen) atoms. The van der Waals surface area contributed by atoms with Crippen molar-refractivity contribution in [1.29, 1.82) is 0 Å². The van der Waals surface area contributed by atoms with E-state index in [9.17, 15) is 0 Å². The van der Waals surface area contributed by atoms with E-state index in [1.165, 1.54) is 24.4 Å². The van der Waals surface area contributed by atoms with Crippen LogP contribution in [0.4, 0.5) is 0 Å². The molecule has 0 spiro atoms. The summed E-state index contributed by atoms with van der Waals surface area (Å²) in [4.78, 5) is 15.8. The number of hydrogen-bond donors (Lipinski definition) is 0. The van der Waals surface area contributed by atoms with Gasteiger partial charge >= 0.3 is 0 Å². The van der Waals surface area contributed by atoms with Gasteiger partial charge in [0.05, 0.1) is 0 Å². The van der Waals surface area contributed by atoms with Crippen molar-refractivity contribution in [2.24, 2.45) is 0 Å². The Morgan fingerprint density at radius 3 is 1.77 bits per heavy atom. The predicted molar refractivity (Wildman–Crippen MR) is 48.2 cm³/mol. The molecule has 0 radical (unpaired) electrons. The maximum atomic E-state index is 4.07. The first-order valence-corrected chi connectivity index (χ1v) is 4.47. The van der Waals surface area contributed by atoms with Gasteiger partial charge in [-0.3, -0.25) is 0 Å². The third-order valence-electron chi connectivity index (χ3n) is 1.32. The molecule has 4 nitrogen and oxygen atoms in total. The fraction of sp³-hybridized carbons (Fsp3) is 0. The normalized spacial score (nSPS) is 9.85. The van der Waals surface area contributed by atoms with Crippen LogP contribution in [0.15, 0.2) is 47.2 Å². The maximum Gasteiger partial charge on any atom is 0.116 e. The molecule has 0 amide bonds. The lowest BCUT2D eigenvalue weighted by atomic mass is 10.7. The highest BCUT2D eigenvalue weighted by Crippen LogP contribution is 2.21. The summed E-state index contributed by atoms with van der Waals surface area (Å²) < 4.78 is 0. The van der Waals surface area contributed by atoms with Gasteiger partial charge in [0.25, 0.3) is 0 Å². The summed E-state index contributed by atoms with van der Waals surface area (Å²) in [6.45, 7) is 0. The van der Waals surface area contributed by atoms with E-state index in [-0.39, 0.29) is 0 Å². The van der Waals surface area contributed by atoms with Gasteiger partial charge in [-0.15, -0.1) is 0 Å². The van der Waals surface area contributed by atoms with Crippen LogP contribution in [0.1, 0.15) is 0 Å². The Labute approximate surface area is 79.5 Å². The largest absolute Gasteiger partial charge is 0.245 e. The summed E-state index contributed by atoms with van der Waals surface area (Å²) in [5.41, 5.74) is 0. The minimum atomic E-state index is 0.883. The molecule has 5 heteroatoms. The molecule has 0 atom stereocenters. The Morgan fingerprint density at radius 1 is 0.846 bits per heavy atom. The second-order valence-electron chi connectivity index (χ2n) is 2.20. The van der Waals surface area contributed by atoms with Gasteiger partial charge in [-0.25, -0.2) is 19.9 Å². The Kier molecular flexibility index (Phi) is 2.47. The van der Waals surface area contributed by atoms with Gasteiger partial charge in [0.1, 0.15) is 22.7 Å². The van der Waals surface area contributed by atoms with E-state index in [1.807, 2.05) is 12.1 Å². The minimum absolute atomic E-state index is 0.883. The van der Waals surface area contributed by atoms with Gasteiger partial charge < -0.3 is 0 Å². The molecule has 0 saturated heterocycles. The number of aromatic nitrogens is 4. The molecule has 64 valence electrons. The standard InChI is InChI=1S/C8H6N4S/c1-3-9-5-11-7(1)13-8-2-4-10-6-12-8/h1-6H. The predicted octanol–water partition coefficient (Wildman–Crippen LogP) is 1.42. The van der Waals surface area contributed by atoms with Crippen LogP contribution >= 0.6 is 11.8 Å². The molecular weight excluding hydrogens is 184 g/mol. The van der Waals surface area contributed by atoms with Gasteiger partial charge in [-0.1, -0.05) is 0 Å². The summed E-state index contributed by atoms with van der Waals surface area (Å²) in [5.74, 6) is 0. The third-order valence-corrected chi connectivity index (χ3v) is 2.22. The first-order chi connectivity index (χ1) is 6.45. The molecule has 2 aromatic heterocycles. The highest BCUT2D eigenvalue weighted by atomic mass is 32.2. The van der Waals surface area contributed by atoms with Gasteiger partial charge in [0, 0.05) is 12.4 Å². The van der Waals surface area contributed by atoms with Gasteiger partial charge in [0.15, 0.2) is 0 Å². The van der Waals surface area contributed by atoms with E-state index in [0.717, 1.165) is 10.1 Å². The average molecular weight is 190 g/mol. The Bertz CT molecular complexity index is 327. The van der Waals surface area contributed by atoms with E-state index >= 15 is 0 Å². The molecule has 0 aliphatic rings. The van der Waals surface area contributed by atoms with Crippen molar-refractivity contribution in [2.45, 2.75) is 10.1 Å². The minimum Gasteiger partial charge on any atom is -0.245 e. The van der Waals surface area contributed by atoms with E-state index < -0.39 is 0 Å². The van der Waals surface area contributed by atoms with Crippen LogP contribution < -0.4 is 0 Å². The smallest absolute Gasteiger partial charge is 0.116 e. The molecular formula is C8H6N4S. The fourth-order valence-electron chi connectivity index (χ4n) is 0.785. The lowest BCUT2D eigenvalue weighted by Gasteiger charge is -1.96. The van der Waals surface area contributed by atoms with Crippen molar-refractivity contribution in [1.82, 2.24) is 19.9 Å². The van der Waals surface area contributed by atoms with Crippen LogP contribution in [-0.2, 0) is 0 Å².